The Kier molecular flexibility index (Phi) is 5.72. The number of nitrogens with one attached hydrogen (secondary N) is 1. The average Bonchev–Trinajstić information content (AvgIpc) is 2.45. The van der Waals surface area contributed by atoms with Gasteiger partial charge in [-0.25, -0.2) is 4.79 Å². The molecule has 1 aliphatic heterocycles. The van der Waals surface area contributed by atoms with Crippen LogP contribution < -0.4 is 11.1 Å². The molecule has 3 N–H and O–H groups in total. The highest BCUT2D eigenvalue weighted by molar-refractivity contribution is 9.10. The number of hydrogen-bond acceptors (Lipinski definition) is 4. The van der Waals surface area contributed by atoms with Crippen molar-refractivity contribution in [3.05, 3.63) is 34.3 Å². The average molecular weight is 356 g/mol. The van der Waals surface area contributed by atoms with Gasteiger partial charge in [-0.3, -0.25) is 15.0 Å². The van der Waals surface area contributed by atoms with Crippen molar-refractivity contribution in [1.29, 1.82) is 0 Å². The normalized spacial score (nSPS) is 19.2. The van der Waals surface area contributed by atoms with Gasteiger partial charge in [0.1, 0.15) is 0 Å². The van der Waals surface area contributed by atoms with Crippen LogP contribution in [0.1, 0.15) is 18.1 Å². The zero-order chi connectivity index (χ0) is 15.2. The Morgan fingerprint density at radius 1 is 1.48 bits per heavy atom. The first-order valence-corrected chi connectivity index (χ1v) is 7.52. The summed E-state index contributed by atoms with van der Waals surface area (Å²) in [5.74, 6) is -0.354. The van der Waals surface area contributed by atoms with Gasteiger partial charge in [0.05, 0.1) is 12.7 Å². The van der Waals surface area contributed by atoms with Crippen LogP contribution in [0.4, 0.5) is 4.79 Å². The Labute approximate surface area is 131 Å². The maximum Gasteiger partial charge on any atom is 0.318 e. The summed E-state index contributed by atoms with van der Waals surface area (Å²) in [6, 6.07) is 7.20. The molecule has 1 saturated heterocycles. The number of imide groups is 1. The molecule has 7 heteroatoms. The number of urea groups is 1. The van der Waals surface area contributed by atoms with Gasteiger partial charge < -0.3 is 10.5 Å². The summed E-state index contributed by atoms with van der Waals surface area (Å²) in [6.07, 6.45) is 0.240. The van der Waals surface area contributed by atoms with E-state index in [0.717, 1.165) is 23.1 Å². The van der Waals surface area contributed by atoms with E-state index < -0.39 is 6.03 Å². The predicted octanol–water partition coefficient (Wildman–Crippen LogP) is 1.41. The number of amides is 3. The molecule has 1 aromatic rings. The van der Waals surface area contributed by atoms with E-state index in [9.17, 15) is 9.59 Å². The van der Waals surface area contributed by atoms with Crippen LogP contribution >= 0.6 is 15.9 Å². The summed E-state index contributed by atoms with van der Waals surface area (Å²) in [4.78, 5) is 24.1. The van der Waals surface area contributed by atoms with Crippen molar-refractivity contribution in [1.82, 2.24) is 10.2 Å². The van der Waals surface area contributed by atoms with Crippen molar-refractivity contribution >= 4 is 27.9 Å². The van der Waals surface area contributed by atoms with E-state index in [2.05, 4.69) is 26.1 Å². The van der Waals surface area contributed by atoms with Gasteiger partial charge in [-0.15, -0.1) is 0 Å². The Balaban J connectivity index is 1.86. The van der Waals surface area contributed by atoms with E-state index in [1.54, 1.807) is 0 Å². The highest BCUT2D eigenvalue weighted by atomic mass is 79.9. The van der Waals surface area contributed by atoms with Gasteiger partial charge in [0.15, 0.2) is 0 Å². The van der Waals surface area contributed by atoms with Gasteiger partial charge in [-0.1, -0.05) is 28.1 Å². The lowest BCUT2D eigenvalue weighted by molar-refractivity contribution is -0.120. The number of nitrogens with two attached hydrogens (primary N) is 1. The third-order valence-electron chi connectivity index (χ3n) is 3.29. The van der Waals surface area contributed by atoms with E-state index in [-0.39, 0.29) is 18.4 Å². The van der Waals surface area contributed by atoms with Gasteiger partial charge in [-0.2, -0.15) is 0 Å². The van der Waals surface area contributed by atoms with Crippen molar-refractivity contribution in [2.75, 3.05) is 26.2 Å². The molecule has 1 aromatic carbocycles. The number of carbonyl (C=O) groups excluding carboxylic acids is 2. The standard InChI is InChI=1S/C14H18BrN3O3/c15-11-3-1-2-10(8-11)12-9-18(6-7-21-12)5-4-13(19)17-14(16)20/h1-3,8,12H,4-7,9H2,(H3,16,17,19,20). The zero-order valence-electron chi connectivity index (χ0n) is 11.5. The van der Waals surface area contributed by atoms with Gasteiger partial charge >= 0.3 is 6.03 Å². The summed E-state index contributed by atoms with van der Waals surface area (Å²) in [5, 5.41) is 2.07. The molecule has 6 nitrogen and oxygen atoms in total. The number of benzene rings is 1. The lowest BCUT2D eigenvalue weighted by Crippen LogP contribution is -2.41. The van der Waals surface area contributed by atoms with E-state index in [1.165, 1.54) is 0 Å². The van der Waals surface area contributed by atoms with E-state index in [1.807, 2.05) is 24.3 Å². The van der Waals surface area contributed by atoms with Gasteiger partial charge in [0, 0.05) is 30.5 Å². The molecule has 1 aliphatic rings. The van der Waals surface area contributed by atoms with Crippen molar-refractivity contribution in [2.24, 2.45) is 5.73 Å². The van der Waals surface area contributed by atoms with Crippen LogP contribution in [0.5, 0.6) is 0 Å². The van der Waals surface area contributed by atoms with Gasteiger partial charge in [0.25, 0.3) is 0 Å². The molecular weight excluding hydrogens is 338 g/mol. The fraction of sp³-hybridized carbons (Fsp3) is 0.429. The topological polar surface area (TPSA) is 84.7 Å². The Morgan fingerprint density at radius 2 is 2.29 bits per heavy atom. The van der Waals surface area contributed by atoms with Crippen LogP contribution in [-0.4, -0.2) is 43.1 Å². The number of morpholine rings is 1. The number of halogens is 1. The Hall–Kier alpha value is -1.44. The number of rotatable bonds is 4. The summed E-state index contributed by atoms with van der Waals surface area (Å²) in [6.45, 7) is 2.69. The highest BCUT2D eigenvalue weighted by Gasteiger charge is 2.22. The van der Waals surface area contributed by atoms with Crippen LogP contribution in [-0.2, 0) is 9.53 Å². The molecule has 3 amide bonds. The lowest BCUT2D eigenvalue weighted by atomic mass is 10.1. The number of ether oxygens (including phenoxy) is 1. The molecular formula is C14H18BrN3O3. The maximum absolute atomic E-state index is 11.4. The first-order valence-electron chi connectivity index (χ1n) is 6.73. The third kappa shape index (κ3) is 5.11. The second-order valence-electron chi connectivity index (χ2n) is 4.88. The first kappa shape index (κ1) is 15.9. The number of primary amides is 1. The van der Waals surface area contributed by atoms with Crippen LogP contribution in [0, 0.1) is 0 Å². The molecule has 1 unspecified atom stereocenters. The number of nitrogens with zero attached hydrogens (tertiary/aromatic N) is 1. The second-order valence-corrected chi connectivity index (χ2v) is 5.79. The number of carbonyl (C=O) groups is 2. The first-order chi connectivity index (χ1) is 10.0. The minimum Gasteiger partial charge on any atom is -0.371 e. The van der Waals surface area contributed by atoms with Crippen LogP contribution in [0.25, 0.3) is 0 Å². The summed E-state index contributed by atoms with van der Waals surface area (Å²) in [5.41, 5.74) is 6.01. The molecule has 0 aliphatic carbocycles. The van der Waals surface area contributed by atoms with Gasteiger partial charge in [0.2, 0.25) is 5.91 Å². The molecule has 1 heterocycles. The van der Waals surface area contributed by atoms with Crippen molar-refractivity contribution < 1.29 is 14.3 Å². The number of hydrogen-bond donors (Lipinski definition) is 2. The van der Waals surface area contributed by atoms with Crippen molar-refractivity contribution in [3.8, 4) is 0 Å². The summed E-state index contributed by atoms with van der Waals surface area (Å²) < 4.78 is 6.80. The molecule has 114 valence electrons. The van der Waals surface area contributed by atoms with Crippen LogP contribution in [0.3, 0.4) is 0 Å². The zero-order valence-corrected chi connectivity index (χ0v) is 13.1. The minimum absolute atomic E-state index is 0.00421. The van der Waals surface area contributed by atoms with Crippen LogP contribution in [0.2, 0.25) is 0 Å². The summed E-state index contributed by atoms with van der Waals surface area (Å²) in [7, 11) is 0. The molecule has 0 saturated carbocycles. The molecule has 0 bridgehead atoms. The van der Waals surface area contributed by atoms with Crippen molar-refractivity contribution in [2.45, 2.75) is 12.5 Å². The summed E-state index contributed by atoms with van der Waals surface area (Å²) >= 11 is 3.45. The largest absolute Gasteiger partial charge is 0.371 e. The fourth-order valence-electron chi connectivity index (χ4n) is 2.27. The Bertz CT molecular complexity index is 524. The molecule has 1 fully saturated rings. The highest BCUT2D eigenvalue weighted by Crippen LogP contribution is 2.24. The quantitative estimate of drug-likeness (QED) is 0.854. The second kappa shape index (κ2) is 7.53. The molecule has 0 aromatic heterocycles. The van der Waals surface area contributed by atoms with E-state index in [0.29, 0.717) is 13.2 Å². The van der Waals surface area contributed by atoms with E-state index in [4.69, 9.17) is 10.5 Å². The van der Waals surface area contributed by atoms with Crippen LogP contribution in [0.15, 0.2) is 28.7 Å². The van der Waals surface area contributed by atoms with Crippen molar-refractivity contribution in [3.63, 3.8) is 0 Å². The molecule has 21 heavy (non-hydrogen) atoms. The lowest BCUT2D eigenvalue weighted by Gasteiger charge is -2.33. The van der Waals surface area contributed by atoms with E-state index >= 15 is 0 Å². The molecule has 2 rings (SSSR count). The molecule has 1 atom stereocenters. The molecule has 0 spiro atoms. The monoisotopic (exact) mass is 355 g/mol. The van der Waals surface area contributed by atoms with Gasteiger partial charge in [-0.05, 0) is 17.7 Å². The minimum atomic E-state index is -0.811. The predicted molar refractivity (Wildman–Crippen MR) is 81.6 cm³/mol. The fourth-order valence-corrected chi connectivity index (χ4v) is 2.69. The SMILES string of the molecule is NC(=O)NC(=O)CCN1CCOC(c2cccc(Br)c2)C1. The third-order valence-corrected chi connectivity index (χ3v) is 3.78. The maximum atomic E-state index is 11.4. The Morgan fingerprint density at radius 3 is 3.00 bits per heavy atom. The smallest absolute Gasteiger partial charge is 0.318 e. The molecule has 0 radical (unpaired) electrons.